The quantitative estimate of drug-likeness (QED) is 0.517. The molecular formula is C19H21BrN2O4. The highest BCUT2D eigenvalue weighted by Crippen LogP contribution is 2.36. The summed E-state index contributed by atoms with van der Waals surface area (Å²) in [5.74, 6) is 1.65. The molecule has 138 valence electrons. The maximum atomic E-state index is 12.1. The van der Waals surface area contributed by atoms with E-state index in [0.717, 1.165) is 10.0 Å². The van der Waals surface area contributed by atoms with Crippen LogP contribution in [0, 0.1) is 0 Å². The molecule has 0 saturated carbocycles. The molecule has 26 heavy (non-hydrogen) atoms. The van der Waals surface area contributed by atoms with Crippen LogP contribution >= 0.6 is 15.9 Å². The Kier molecular flexibility index (Phi) is 7.47. The fourth-order valence-corrected chi connectivity index (χ4v) is 2.76. The molecule has 0 aliphatic heterocycles. The first kappa shape index (κ1) is 19.8. The van der Waals surface area contributed by atoms with Crippen LogP contribution in [0.1, 0.15) is 29.8 Å². The number of nitrogens with zero attached hydrogens (tertiary/aromatic N) is 1. The van der Waals surface area contributed by atoms with Gasteiger partial charge < -0.3 is 14.2 Å². The molecule has 1 amide bonds. The molecule has 2 rings (SSSR count). The smallest absolute Gasteiger partial charge is 0.271 e. The summed E-state index contributed by atoms with van der Waals surface area (Å²) >= 11 is 3.47. The monoisotopic (exact) mass is 420 g/mol. The van der Waals surface area contributed by atoms with E-state index < -0.39 is 0 Å². The molecule has 0 radical (unpaired) electrons. The lowest BCUT2D eigenvalue weighted by Gasteiger charge is -2.13. The van der Waals surface area contributed by atoms with Crippen LogP contribution in [0.4, 0.5) is 0 Å². The fraction of sp³-hybridized carbons (Fsp3) is 0.263. The van der Waals surface area contributed by atoms with Gasteiger partial charge in [0.15, 0.2) is 11.5 Å². The number of methoxy groups -OCH3 is 1. The van der Waals surface area contributed by atoms with E-state index in [2.05, 4.69) is 26.5 Å². The van der Waals surface area contributed by atoms with Gasteiger partial charge in [-0.2, -0.15) is 5.10 Å². The minimum Gasteiger partial charge on any atom is -0.497 e. The van der Waals surface area contributed by atoms with Crippen LogP contribution in [0.25, 0.3) is 0 Å². The molecule has 1 N–H and O–H groups in total. The van der Waals surface area contributed by atoms with Crippen molar-refractivity contribution < 1.29 is 19.0 Å². The van der Waals surface area contributed by atoms with Gasteiger partial charge in [0.05, 0.1) is 31.0 Å². The zero-order valence-electron chi connectivity index (χ0n) is 14.9. The molecule has 2 aromatic carbocycles. The number of hydrogen-bond acceptors (Lipinski definition) is 5. The Balaban J connectivity index is 2.10. The molecule has 6 nitrogen and oxygen atoms in total. The van der Waals surface area contributed by atoms with Crippen molar-refractivity contribution in [1.82, 2.24) is 5.43 Å². The number of carbonyl (C=O) groups excluding carboxylic acids is 1. The summed E-state index contributed by atoms with van der Waals surface area (Å²) in [5, 5.41) is 4.01. The Bertz CT molecular complexity index is 776. The van der Waals surface area contributed by atoms with Gasteiger partial charge in [-0.1, -0.05) is 0 Å². The van der Waals surface area contributed by atoms with Crippen molar-refractivity contribution in [2.45, 2.75) is 13.8 Å². The van der Waals surface area contributed by atoms with Gasteiger partial charge in [-0.05, 0) is 71.7 Å². The Morgan fingerprint density at radius 2 is 1.85 bits per heavy atom. The Morgan fingerprint density at radius 3 is 2.46 bits per heavy atom. The average molecular weight is 421 g/mol. The highest BCUT2D eigenvalue weighted by Gasteiger charge is 2.11. The van der Waals surface area contributed by atoms with Crippen molar-refractivity contribution in [3.63, 3.8) is 0 Å². The molecule has 0 unspecified atom stereocenters. The van der Waals surface area contributed by atoms with Crippen LogP contribution in [0.3, 0.4) is 0 Å². The first-order valence-electron chi connectivity index (χ1n) is 8.15. The highest BCUT2D eigenvalue weighted by molar-refractivity contribution is 9.10. The highest BCUT2D eigenvalue weighted by atomic mass is 79.9. The normalized spacial score (nSPS) is 10.6. The molecule has 2 aromatic rings. The third-order valence-electron chi connectivity index (χ3n) is 3.35. The summed E-state index contributed by atoms with van der Waals surface area (Å²) in [6.45, 7) is 4.86. The molecule has 0 atom stereocenters. The average Bonchev–Trinajstić information content (AvgIpc) is 2.65. The van der Waals surface area contributed by atoms with Gasteiger partial charge in [-0.15, -0.1) is 0 Å². The predicted octanol–water partition coefficient (Wildman–Crippen LogP) is 4.02. The van der Waals surface area contributed by atoms with Crippen LogP contribution in [0.2, 0.25) is 0 Å². The van der Waals surface area contributed by atoms with Crippen molar-refractivity contribution in [2.75, 3.05) is 20.3 Å². The lowest BCUT2D eigenvalue weighted by atomic mass is 10.2. The molecule has 0 bridgehead atoms. The lowest BCUT2D eigenvalue weighted by Crippen LogP contribution is -2.17. The van der Waals surface area contributed by atoms with E-state index in [4.69, 9.17) is 14.2 Å². The van der Waals surface area contributed by atoms with E-state index in [0.29, 0.717) is 36.0 Å². The molecule has 0 spiro atoms. The van der Waals surface area contributed by atoms with Gasteiger partial charge in [0.25, 0.3) is 5.91 Å². The van der Waals surface area contributed by atoms with Crippen molar-refractivity contribution in [3.05, 3.63) is 52.0 Å². The lowest BCUT2D eigenvalue weighted by molar-refractivity contribution is 0.0955. The number of benzene rings is 2. The first-order valence-corrected chi connectivity index (χ1v) is 8.94. The van der Waals surface area contributed by atoms with Gasteiger partial charge >= 0.3 is 0 Å². The Hall–Kier alpha value is -2.54. The second kappa shape index (κ2) is 9.82. The van der Waals surface area contributed by atoms with Gasteiger partial charge in [0.2, 0.25) is 0 Å². The number of hydrogen-bond donors (Lipinski definition) is 1. The number of ether oxygens (including phenoxy) is 3. The van der Waals surface area contributed by atoms with Crippen molar-refractivity contribution >= 4 is 28.1 Å². The second-order valence-electron chi connectivity index (χ2n) is 5.12. The molecule has 0 saturated heterocycles. The Labute approximate surface area is 161 Å². The van der Waals surface area contributed by atoms with E-state index >= 15 is 0 Å². The van der Waals surface area contributed by atoms with Crippen LogP contribution in [-0.2, 0) is 0 Å². The molecule has 7 heteroatoms. The van der Waals surface area contributed by atoms with Crippen molar-refractivity contribution in [3.8, 4) is 17.2 Å². The molecule has 0 aliphatic rings. The largest absolute Gasteiger partial charge is 0.497 e. The van der Waals surface area contributed by atoms with E-state index in [1.807, 2.05) is 26.0 Å². The molecule has 0 aliphatic carbocycles. The van der Waals surface area contributed by atoms with E-state index in [-0.39, 0.29) is 5.91 Å². The Morgan fingerprint density at radius 1 is 1.15 bits per heavy atom. The van der Waals surface area contributed by atoms with E-state index in [1.54, 1.807) is 37.6 Å². The number of carbonyl (C=O) groups is 1. The number of amides is 1. The van der Waals surface area contributed by atoms with Crippen LogP contribution in [-0.4, -0.2) is 32.4 Å². The van der Waals surface area contributed by atoms with E-state index in [1.165, 1.54) is 0 Å². The number of nitrogens with one attached hydrogen (secondary N) is 1. The van der Waals surface area contributed by atoms with Gasteiger partial charge in [-0.25, -0.2) is 5.43 Å². The third-order valence-corrected chi connectivity index (χ3v) is 3.94. The zero-order chi connectivity index (χ0) is 18.9. The molecule has 0 fully saturated rings. The SMILES string of the molecule is CCOc1cc(/C=N\NC(=O)c2ccc(OC)cc2)cc(Br)c1OCC. The second-order valence-corrected chi connectivity index (χ2v) is 5.98. The summed E-state index contributed by atoms with van der Waals surface area (Å²) in [5.41, 5.74) is 3.75. The number of hydrazone groups is 1. The maximum absolute atomic E-state index is 12.1. The molecule has 0 aromatic heterocycles. The topological polar surface area (TPSA) is 69.2 Å². The summed E-state index contributed by atoms with van der Waals surface area (Å²) in [6, 6.07) is 10.4. The van der Waals surface area contributed by atoms with Crippen LogP contribution < -0.4 is 19.6 Å². The summed E-state index contributed by atoms with van der Waals surface area (Å²) < 4.78 is 17.0. The van der Waals surface area contributed by atoms with Gasteiger partial charge in [0, 0.05) is 5.56 Å². The number of halogens is 1. The van der Waals surface area contributed by atoms with Crippen LogP contribution in [0.15, 0.2) is 46.0 Å². The predicted molar refractivity (Wildman–Crippen MR) is 105 cm³/mol. The first-order chi connectivity index (χ1) is 12.6. The van der Waals surface area contributed by atoms with Gasteiger partial charge in [0.1, 0.15) is 5.75 Å². The molecular weight excluding hydrogens is 400 g/mol. The van der Waals surface area contributed by atoms with Crippen molar-refractivity contribution in [2.24, 2.45) is 5.10 Å². The summed E-state index contributed by atoms with van der Waals surface area (Å²) in [6.07, 6.45) is 1.55. The third kappa shape index (κ3) is 5.23. The summed E-state index contributed by atoms with van der Waals surface area (Å²) in [4.78, 5) is 12.1. The molecule has 0 heterocycles. The van der Waals surface area contributed by atoms with Crippen LogP contribution in [0.5, 0.6) is 17.2 Å². The number of rotatable bonds is 8. The fourth-order valence-electron chi connectivity index (χ4n) is 2.18. The minimum absolute atomic E-state index is 0.307. The summed E-state index contributed by atoms with van der Waals surface area (Å²) in [7, 11) is 1.57. The zero-order valence-corrected chi connectivity index (χ0v) is 16.5. The van der Waals surface area contributed by atoms with Crippen molar-refractivity contribution in [1.29, 1.82) is 0 Å². The van der Waals surface area contributed by atoms with Gasteiger partial charge in [-0.3, -0.25) is 4.79 Å². The van der Waals surface area contributed by atoms with E-state index in [9.17, 15) is 4.79 Å². The maximum Gasteiger partial charge on any atom is 0.271 e. The minimum atomic E-state index is -0.307. The standard InChI is InChI=1S/C19H21BrN2O4/c1-4-25-17-11-13(10-16(20)18(17)26-5-2)12-21-22-19(23)14-6-8-15(24-3)9-7-14/h6-12H,4-5H2,1-3H3,(H,22,23)/b21-12-.